The molecule has 0 radical (unpaired) electrons. The van der Waals surface area contributed by atoms with E-state index in [4.69, 9.17) is 4.74 Å². The summed E-state index contributed by atoms with van der Waals surface area (Å²) in [4.78, 5) is 24.2. The minimum absolute atomic E-state index is 0.0268. The van der Waals surface area contributed by atoms with Crippen LogP contribution in [-0.4, -0.2) is 9.13 Å². The molecule has 6 nitrogen and oxygen atoms in total. The van der Waals surface area contributed by atoms with Gasteiger partial charge in [0.1, 0.15) is 11.8 Å². The van der Waals surface area contributed by atoms with Crippen LogP contribution in [0.5, 0.6) is 11.6 Å². The van der Waals surface area contributed by atoms with Crippen LogP contribution >= 0.6 is 0 Å². The van der Waals surface area contributed by atoms with Crippen LogP contribution in [0.2, 0.25) is 0 Å². The van der Waals surface area contributed by atoms with Crippen molar-refractivity contribution in [3.63, 3.8) is 0 Å². The molecule has 1 saturated carbocycles. The van der Waals surface area contributed by atoms with Gasteiger partial charge < -0.3 is 4.74 Å². The average Bonchev–Trinajstić information content (AvgIpc) is 2.66. The fraction of sp³-hybridized carbons (Fsp3) is 0.421. The van der Waals surface area contributed by atoms with Crippen molar-refractivity contribution in [2.45, 2.75) is 38.0 Å². The third kappa shape index (κ3) is 3.22. The number of rotatable bonds is 3. The van der Waals surface area contributed by atoms with Crippen LogP contribution in [0, 0.1) is 11.3 Å². The third-order valence-corrected chi connectivity index (χ3v) is 4.89. The second-order valence-corrected chi connectivity index (χ2v) is 6.50. The van der Waals surface area contributed by atoms with Crippen molar-refractivity contribution in [3.05, 3.63) is 56.2 Å². The Morgan fingerprint density at radius 1 is 1.04 bits per heavy atom. The Kier molecular flexibility index (Phi) is 4.75. The van der Waals surface area contributed by atoms with E-state index in [0.29, 0.717) is 11.7 Å². The molecule has 3 rings (SSSR count). The van der Waals surface area contributed by atoms with Gasteiger partial charge in [-0.15, -0.1) is 0 Å². The Hall–Kier alpha value is -2.81. The van der Waals surface area contributed by atoms with Crippen molar-refractivity contribution in [2.24, 2.45) is 14.1 Å². The minimum atomic E-state index is -0.653. The van der Waals surface area contributed by atoms with E-state index in [1.54, 1.807) is 0 Å². The highest BCUT2D eigenvalue weighted by molar-refractivity contribution is 5.40. The molecule has 0 saturated heterocycles. The maximum absolute atomic E-state index is 12.1. The van der Waals surface area contributed by atoms with Crippen molar-refractivity contribution in [1.82, 2.24) is 9.13 Å². The fourth-order valence-electron chi connectivity index (χ4n) is 3.40. The van der Waals surface area contributed by atoms with E-state index >= 15 is 0 Å². The second-order valence-electron chi connectivity index (χ2n) is 6.50. The summed E-state index contributed by atoms with van der Waals surface area (Å²) in [6, 6.07) is 9.54. The lowest BCUT2D eigenvalue weighted by Gasteiger charge is -2.22. The van der Waals surface area contributed by atoms with Gasteiger partial charge in [0.15, 0.2) is 5.56 Å². The predicted molar refractivity (Wildman–Crippen MR) is 94.0 cm³/mol. The smallest absolute Gasteiger partial charge is 0.333 e. The highest BCUT2D eigenvalue weighted by Crippen LogP contribution is 2.33. The molecule has 0 N–H and O–H groups in total. The Labute approximate surface area is 145 Å². The molecule has 0 unspecified atom stereocenters. The van der Waals surface area contributed by atoms with Gasteiger partial charge in [0.05, 0.1) is 0 Å². The average molecular weight is 339 g/mol. The normalized spacial score (nSPS) is 14.9. The Morgan fingerprint density at radius 2 is 1.68 bits per heavy atom. The van der Waals surface area contributed by atoms with Crippen molar-refractivity contribution in [2.75, 3.05) is 0 Å². The lowest BCUT2D eigenvalue weighted by Crippen LogP contribution is -2.38. The monoisotopic (exact) mass is 339 g/mol. The zero-order chi connectivity index (χ0) is 18.0. The summed E-state index contributed by atoms with van der Waals surface area (Å²) in [5, 5.41) is 9.27. The molecule has 1 fully saturated rings. The van der Waals surface area contributed by atoms with Crippen LogP contribution in [0.15, 0.2) is 33.9 Å². The first kappa shape index (κ1) is 17.0. The summed E-state index contributed by atoms with van der Waals surface area (Å²) in [5.74, 6) is 1.06. The van der Waals surface area contributed by atoms with Crippen molar-refractivity contribution >= 4 is 0 Å². The zero-order valence-electron chi connectivity index (χ0n) is 14.5. The van der Waals surface area contributed by atoms with Gasteiger partial charge in [0, 0.05) is 14.1 Å². The van der Waals surface area contributed by atoms with E-state index in [9.17, 15) is 14.9 Å². The van der Waals surface area contributed by atoms with E-state index in [0.717, 1.165) is 4.57 Å². The van der Waals surface area contributed by atoms with Crippen LogP contribution in [0.3, 0.4) is 0 Å². The maximum Gasteiger partial charge on any atom is 0.333 e. The molecule has 1 aliphatic carbocycles. The molecule has 1 aromatic heterocycles. The van der Waals surface area contributed by atoms with Crippen LogP contribution in [0.1, 0.15) is 49.1 Å². The molecule has 0 aliphatic heterocycles. The third-order valence-electron chi connectivity index (χ3n) is 4.89. The van der Waals surface area contributed by atoms with Crippen LogP contribution < -0.4 is 16.0 Å². The number of hydrogen-bond donors (Lipinski definition) is 0. The van der Waals surface area contributed by atoms with Gasteiger partial charge in [-0.1, -0.05) is 31.4 Å². The molecule has 0 atom stereocenters. The summed E-state index contributed by atoms with van der Waals surface area (Å²) in [5.41, 5.74) is -0.0800. The molecule has 2 aromatic rings. The topological polar surface area (TPSA) is 77.0 Å². The lowest BCUT2D eigenvalue weighted by atomic mass is 9.84. The van der Waals surface area contributed by atoms with Gasteiger partial charge in [-0.05, 0) is 36.5 Å². The molecule has 1 aliphatic rings. The number of nitriles is 1. The molecular weight excluding hydrogens is 318 g/mol. The Balaban J connectivity index is 1.92. The summed E-state index contributed by atoms with van der Waals surface area (Å²) in [6.07, 6.45) is 6.27. The highest BCUT2D eigenvalue weighted by atomic mass is 16.5. The first-order chi connectivity index (χ1) is 12.0. The molecule has 25 heavy (non-hydrogen) atoms. The van der Waals surface area contributed by atoms with Crippen molar-refractivity contribution < 1.29 is 4.74 Å². The molecular formula is C19H21N3O3. The van der Waals surface area contributed by atoms with E-state index in [2.05, 4.69) is 0 Å². The fourth-order valence-corrected chi connectivity index (χ4v) is 3.40. The number of ether oxygens (including phenoxy) is 1. The SMILES string of the molecule is Cn1c(Oc2ccc(C3CCCCC3)cc2)c(C#N)c(=O)n(C)c1=O. The quantitative estimate of drug-likeness (QED) is 0.861. The highest BCUT2D eigenvalue weighted by Gasteiger charge is 2.18. The van der Waals surface area contributed by atoms with Crippen molar-refractivity contribution in [3.8, 4) is 17.7 Å². The molecule has 0 bridgehead atoms. The Morgan fingerprint density at radius 3 is 2.28 bits per heavy atom. The molecule has 130 valence electrons. The molecule has 1 heterocycles. The zero-order valence-corrected chi connectivity index (χ0v) is 14.5. The second kappa shape index (κ2) is 6.98. The van der Waals surface area contributed by atoms with Gasteiger partial charge in [-0.3, -0.25) is 13.9 Å². The van der Waals surface area contributed by atoms with Crippen LogP contribution in [-0.2, 0) is 14.1 Å². The van der Waals surface area contributed by atoms with E-state index in [1.807, 2.05) is 30.3 Å². The molecule has 0 amide bonds. The first-order valence-corrected chi connectivity index (χ1v) is 8.51. The van der Waals surface area contributed by atoms with E-state index in [1.165, 1.54) is 56.3 Å². The summed E-state index contributed by atoms with van der Waals surface area (Å²) in [6.45, 7) is 0. The number of hydrogen-bond acceptors (Lipinski definition) is 4. The number of nitrogens with zero attached hydrogens (tertiary/aromatic N) is 3. The Bertz CT molecular complexity index is 927. The number of aromatic nitrogens is 2. The van der Waals surface area contributed by atoms with Crippen LogP contribution in [0.25, 0.3) is 0 Å². The molecule has 6 heteroatoms. The van der Waals surface area contributed by atoms with Crippen molar-refractivity contribution in [1.29, 1.82) is 5.26 Å². The predicted octanol–water partition coefficient (Wildman–Crippen LogP) is 2.80. The summed E-state index contributed by atoms with van der Waals surface area (Å²) in [7, 11) is 2.82. The lowest BCUT2D eigenvalue weighted by molar-refractivity contribution is 0.419. The maximum atomic E-state index is 12.1. The van der Waals surface area contributed by atoms with Crippen LogP contribution in [0.4, 0.5) is 0 Å². The van der Waals surface area contributed by atoms with Gasteiger partial charge in [-0.25, -0.2) is 4.79 Å². The largest absolute Gasteiger partial charge is 0.439 e. The van der Waals surface area contributed by atoms with E-state index < -0.39 is 11.2 Å². The molecule has 0 spiro atoms. The number of benzene rings is 1. The van der Waals surface area contributed by atoms with Gasteiger partial charge in [0.25, 0.3) is 5.56 Å². The minimum Gasteiger partial charge on any atom is -0.439 e. The summed E-state index contributed by atoms with van der Waals surface area (Å²) < 4.78 is 7.79. The van der Waals surface area contributed by atoms with Gasteiger partial charge >= 0.3 is 5.69 Å². The van der Waals surface area contributed by atoms with Gasteiger partial charge in [-0.2, -0.15) is 5.26 Å². The van der Waals surface area contributed by atoms with E-state index in [-0.39, 0.29) is 11.4 Å². The van der Waals surface area contributed by atoms with Gasteiger partial charge in [0.2, 0.25) is 5.88 Å². The summed E-state index contributed by atoms with van der Waals surface area (Å²) >= 11 is 0. The standard InChI is InChI=1S/C19H21N3O3/c1-21-17(23)16(12-20)18(22(2)19(21)24)25-15-10-8-14(9-11-15)13-6-4-3-5-7-13/h8-11,13H,3-7H2,1-2H3. The first-order valence-electron chi connectivity index (χ1n) is 8.51. The molecule has 1 aromatic carbocycles.